The smallest absolute Gasteiger partial charge is 0.286 e. The van der Waals surface area contributed by atoms with Crippen LogP contribution in [0.15, 0.2) is 53.9 Å². The van der Waals surface area contributed by atoms with E-state index in [0.717, 1.165) is 4.88 Å². The Bertz CT molecular complexity index is 1080. The molecule has 0 aliphatic rings. The fourth-order valence-electron chi connectivity index (χ4n) is 3.13. The Hall–Kier alpha value is -3.63. The highest BCUT2D eigenvalue weighted by Gasteiger charge is 2.29. The van der Waals surface area contributed by atoms with E-state index in [4.69, 9.17) is 18.9 Å². The SMILES string of the molecule is COCCOc1cc([N+](=O)[O-])c(C(=O)N(Cc2cccs2)c2ccc(OC)cc2)cc1OC. The predicted octanol–water partition coefficient (Wildman–Crippen LogP) is 4.55. The van der Waals surface area contributed by atoms with Gasteiger partial charge in [-0.1, -0.05) is 6.07 Å². The van der Waals surface area contributed by atoms with Gasteiger partial charge >= 0.3 is 0 Å². The van der Waals surface area contributed by atoms with Crippen LogP contribution in [0.5, 0.6) is 17.2 Å². The van der Waals surface area contributed by atoms with Crippen LogP contribution < -0.4 is 19.1 Å². The van der Waals surface area contributed by atoms with Crippen molar-refractivity contribution in [3.63, 3.8) is 0 Å². The molecule has 0 radical (unpaired) electrons. The lowest BCUT2D eigenvalue weighted by Crippen LogP contribution is -2.30. The molecule has 0 bridgehead atoms. The van der Waals surface area contributed by atoms with Gasteiger partial charge in [-0.15, -0.1) is 11.3 Å². The van der Waals surface area contributed by atoms with Crippen molar-refractivity contribution < 1.29 is 28.7 Å². The van der Waals surface area contributed by atoms with E-state index in [0.29, 0.717) is 18.0 Å². The van der Waals surface area contributed by atoms with Crippen molar-refractivity contribution in [2.24, 2.45) is 0 Å². The molecule has 0 unspecified atom stereocenters. The van der Waals surface area contributed by atoms with Crippen molar-refractivity contribution in [2.45, 2.75) is 6.54 Å². The first-order chi connectivity index (χ1) is 16.0. The van der Waals surface area contributed by atoms with Crippen molar-refractivity contribution in [3.05, 3.63) is 74.5 Å². The summed E-state index contributed by atoms with van der Waals surface area (Å²) in [6.45, 7) is 0.714. The first-order valence-corrected chi connectivity index (χ1v) is 10.8. The Morgan fingerprint density at radius 1 is 1.03 bits per heavy atom. The average Bonchev–Trinajstić information content (AvgIpc) is 3.35. The second-order valence-corrected chi connectivity index (χ2v) is 7.82. The van der Waals surface area contributed by atoms with Gasteiger partial charge in [-0.05, 0) is 35.7 Å². The first-order valence-electron chi connectivity index (χ1n) is 9.95. The molecular formula is C23H24N2O7S. The molecule has 0 aliphatic carbocycles. The topological polar surface area (TPSA) is 100 Å². The van der Waals surface area contributed by atoms with E-state index in [2.05, 4.69) is 0 Å². The third-order valence-corrected chi connectivity index (χ3v) is 5.64. The van der Waals surface area contributed by atoms with Gasteiger partial charge in [0, 0.05) is 23.7 Å². The number of amides is 1. The van der Waals surface area contributed by atoms with Crippen LogP contribution in [0.3, 0.4) is 0 Å². The maximum absolute atomic E-state index is 13.7. The van der Waals surface area contributed by atoms with Crippen LogP contribution in [-0.2, 0) is 11.3 Å². The van der Waals surface area contributed by atoms with Gasteiger partial charge in [0.1, 0.15) is 17.9 Å². The van der Waals surface area contributed by atoms with Gasteiger partial charge < -0.3 is 23.8 Å². The minimum atomic E-state index is -0.604. The van der Waals surface area contributed by atoms with E-state index < -0.39 is 10.8 Å². The van der Waals surface area contributed by atoms with Crippen LogP contribution in [0.1, 0.15) is 15.2 Å². The normalized spacial score (nSPS) is 10.5. The van der Waals surface area contributed by atoms with Crippen molar-refractivity contribution in [1.82, 2.24) is 0 Å². The molecule has 0 N–H and O–H groups in total. The van der Waals surface area contributed by atoms with Crippen LogP contribution in [-0.4, -0.2) is 45.4 Å². The highest BCUT2D eigenvalue weighted by molar-refractivity contribution is 7.09. The van der Waals surface area contributed by atoms with E-state index in [1.807, 2.05) is 17.5 Å². The Kier molecular flexibility index (Phi) is 8.22. The Balaban J connectivity index is 2.05. The van der Waals surface area contributed by atoms with Gasteiger partial charge in [0.2, 0.25) is 0 Å². The molecule has 1 heterocycles. The number of nitro benzene ring substituents is 1. The molecule has 0 fully saturated rings. The van der Waals surface area contributed by atoms with Crippen molar-refractivity contribution in [3.8, 4) is 17.2 Å². The van der Waals surface area contributed by atoms with Crippen LogP contribution in [0.2, 0.25) is 0 Å². The number of methoxy groups -OCH3 is 3. The number of rotatable bonds is 11. The van der Waals surface area contributed by atoms with Crippen LogP contribution in [0.25, 0.3) is 0 Å². The van der Waals surface area contributed by atoms with Crippen molar-refractivity contribution in [2.75, 3.05) is 39.4 Å². The molecule has 1 amide bonds. The average molecular weight is 473 g/mol. The van der Waals surface area contributed by atoms with Gasteiger partial charge in [-0.3, -0.25) is 14.9 Å². The molecule has 9 nitrogen and oxygen atoms in total. The number of benzene rings is 2. The molecule has 1 aromatic heterocycles. The summed E-state index contributed by atoms with van der Waals surface area (Å²) in [7, 11) is 4.48. The number of carbonyl (C=O) groups excluding carboxylic acids is 1. The molecule has 10 heteroatoms. The summed E-state index contributed by atoms with van der Waals surface area (Å²) in [4.78, 5) is 27.3. The molecule has 0 saturated carbocycles. The quantitative estimate of drug-likeness (QED) is 0.229. The second-order valence-electron chi connectivity index (χ2n) is 6.79. The Labute approximate surface area is 195 Å². The monoisotopic (exact) mass is 472 g/mol. The summed E-state index contributed by atoms with van der Waals surface area (Å²) in [6, 6.07) is 13.2. The second kappa shape index (κ2) is 11.3. The summed E-state index contributed by atoms with van der Waals surface area (Å²) >= 11 is 1.49. The fourth-order valence-corrected chi connectivity index (χ4v) is 3.82. The van der Waals surface area contributed by atoms with Gasteiger partial charge in [-0.25, -0.2) is 0 Å². The lowest BCUT2D eigenvalue weighted by atomic mass is 10.1. The van der Waals surface area contributed by atoms with Gasteiger partial charge in [0.05, 0.1) is 38.4 Å². The van der Waals surface area contributed by atoms with E-state index >= 15 is 0 Å². The molecule has 0 aliphatic heterocycles. The molecule has 3 rings (SSSR count). The molecule has 174 valence electrons. The Morgan fingerprint density at radius 3 is 2.36 bits per heavy atom. The molecule has 0 spiro atoms. The first kappa shape index (κ1) is 24.0. The summed E-state index contributed by atoms with van der Waals surface area (Å²) in [6.07, 6.45) is 0. The van der Waals surface area contributed by atoms with Crippen LogP contribution in [0.4, 0.5) is 11.4 Å². The zero-order valence-corrected chi connectivity index (χ0v) is 19.3. The van der Waals surface area contributed by atoms with Gasteiger partial charge in [-0.2, -0.15) is 0 Å². The summed E-state index contributed by atoms with van der Waals surface area (Å²) in [5, 5.41) is 13.8. The number of carbonyl (C=O) groups is 1. The summed E-state index contributed by atoms with van der Waals surface area (Å²) in [5.74, 6) is 0.465. The molecule has 0 atom stereocenters. The molecule has 33 heavy (non-hydrogen) atoms. The number of anilines is 1. The molecule has 2 aromatic carbocycles. The third kappa shape index (κ3) is 5.79. The maximum atomic E-state index is 13.7. The van der Waals surface area contributed by atoms with Gasteiger partial charge in [0.25, 0.3) is 11.6 Å². The highest BCUT2D eigenvalue weighted by atomic mass is 32.1. The molecule has 0 saturated heterocycles. The largest absolute Gasteiger partial charge is 0.497 e. The number of nitro groups is 1. The van der Waals surface area contributed by atoms with Crippen molar-refractivity contribution in [1.29, 1.82) is 0 Å². The number of ether oxygens (including phenoxy) is 4. The van der Waals surface area contributed by atoms with Crippen molar-refractivity contribution >= 4 is 28.6 Å². The third-order valence-electron chi connectivity index (χ3n) is 4.78. The fraction of sp³-hybridized carbons (Fsp3) is 0.261. The highest BCUT2D eigenvalue weighted by Crippen LogP contribution is 2.36. The zero-order valence-electron chi connectivity index (χ0n) is 18.5. The van der Waals surface area contributed by atoms with Crippen LogP contribution in [0, 0.1) is 10.1 Å². The van der Waals surface area contributed by atoms with E-state index in [-0.39, 0.29) is 35.9 Å². The number of hydrogen-bond donors (Lipinski definition) is 0. The predicted molar refractivity (Wildman–Crippen MR) is 125 cm³/mol. The lowest BCUT2D eigenvalue weighted by molar-refractivity contribution is -0.385. The molecular weight excluding hydrogens is 448 g/mol. The minimum Gasteiger partial charge on any atom is -0.497 e. The summed E-state index contributed by atoms with van der Waals surface area (Å²) < 4.78 is 21.1. The number of nitrogens with zero attached hydrogens (tertiary/aromatic N) is 2. The van der Waals surface area contributed by atoms with Crippen LogP contribution >= 0.6 is 11.3 Å². The summed E-state index contributed by atoms with van der Waals surface area (Å²) in [5.41, 5.74) is 0.0871. The van der Waals surface area contributed by atoms with E-state index in [9.17, 15) is 14.9 Å². The number of thiophene rings is 1. The minimum absolute atomic E-state index is 0.108. The maximum Gasteiger partial charge on any atom is 0.286 e. The van der Waals surface area contributed by atoms with Gasteiger partial charge in [0.15, 0.2) is 11.5 Å². The lowest BCUT2D eigenvalue weighted by Gasteiger charge is -2.23. The standard InChI is InChI=1S/C23H24N2O7S/c1-29-10-11-32-22-14-20(25(27)28)19(13-21(22)31-3)23(26)24(15-18-5-4-12-33-18)16-6-8-17(30-2)9-7-16/h4-9,12-14H,10-11,15H2,1-3H3. The Morgan fingerprint density at radius 2 is 1.79 bits per heavy atom. The van der Waals surface area contributed by atoms with E-state index in [1.54, 1.807) is 31.4 Å². The van der Waals surface area contributed by atoms with E-state index in [1.165, 1.54) is 42.6 Å². The zero-order chi connectivity index (χ0) is 23.8. The number of hydrogen-bond acceptors (Lipinski definition) is 8. The molecule has 3 aromatic rings.